The molecule has 0 fully saturated rings. The summed E-state index contributed by atoms with van der Waals surface area (Å²) in [6.07, 6.45) is 1.44. The van der Waals surface area contributed by atoms with Crippen LogP contribution < -0.4 is 4.74 Å². The summed E-state index contributed by atoms with van der Waals surface area (Å²) in [4.78, 5) is 0. The minimum Gasteiger partial charge on any atom is -0.508 e. The molecule has 0 saturated heterocycles. The largest absolute Gasteiger partial charge is 0.508 e. The monoisotopic (exact) mass is 342 g/mol. The Morgan fingerprint density at radius 2 is 1.96 bits per heavy atom. The smallest absolute Gasteiger partial charge is 0.216 e. The molecule has 122 valence electrons. The molecule has 0 atom stereocenters. The van der Waals surface area contributed by atoms with Crippen molar-refractivity contribution in [3.63, 3.8) is 0 Å². The summed E-state index contributed by atoms with van der Waals surface area (Å²) < 4.78 is 6.90. The summed E-state index contributed by atoms with van der Waals surface area (Å²) in [6.45, 7) is 0. The highest BCUT2D eigenvalue weighted by atomic mass is 32.1. The number of nitrogens with zero attached hydrogens (tertiary/aromatic N) is 3. The Bertz CT molecular complexity index is 945. The summed E-state index contributed by atoms with van der Waals surface area (Å²) >= 11 is 5.19. The first-order valence-corrected chi connectivity index (χ1v) is 7.37. The minimum absolute atomic E-state index is 0.0245. The topological polar surface area (TPSA) is 95.7 Å². The van der Waals surface area contributed by atoms with Gasteiger partial charge in [-0.05, 0) is 48.6 Å². The molecule has 0 unspecified atom stereocenters. The first kappa shape index (κ1) is 15.8. The molecular weight excluding hydrogens is 328 g/mol. The van der Waals surface area contributed by atoms with Crippen molar-refractivity contribution in [1.29, 1.82) is 0 Å². The van der Waals surface area contributed by atoms with Gasteiger partial charge in [0.1, 0.15) is 17.2 Å². The number of H-pyrrole nitrogens is 1. The lowest BCUT2D eigenvalue weighted by atomic mass is 10.2. The van der Waals surface area contributed by atoms with E-state index < -0.39 is 0 Å². The van der Waals surface area contributed by atoms with Crippen LogP contribution in [0.1, 0.15) is 5.56 Å². The standard InChI is InChI=1S/C16H14N4O3S/c1-23-13-6-3-10(4-7-13)15-18-19-16(24)20(15)17-9-11-2-5-12(21)8-14(11)22/h2-9,21-22H,1H3,(H,19,24)/b17-9+. The lowest BCUT2D eigenvalue weighted by Crippen LogP contribution is -1.95. The van der Waals surface area contributed by atoms with E-state index in [0.29, 0.717) is 16.2 Å². The molecule has 1 aromatic heterocycles. The molecule has 0 radical (unpaired) electrons. The molecule has 8 heteroatoms. The van der Waals surface area contributed by atoms with Gasteiger partial charge in [0.25, 0.3) is 0 Å². The van der Waals surface area contributed by atoms with Crippen molar-refractivity contribution < 1.29 is 14.9 Å². The maximum atomic E-state index is 9.81. The van der Waals surface area contributed by atoms with Crippen LogP contribution in [0, 0.1) is 4.77 Å². The molecule has 24 heavy (non-hydrogen) atoms. The van der Waals surface area contributed by atoms with Gasteiger partial charge >= 0.3 is 0 Å². The second kappa shape index (κ2) is 6.55. The first-order chi connectivity index (χ1) is 11.6. The third-order valence-corrected chi connectivity index (χ3v) is 3.59. The fourth-order valence-electron chi connectivity index (χ4n) is 2.09. The van der Waals surface area contributed by atoms with Crippen LogP contribution in [-0.4, -0.2) is 38.4 Å². The molecule has 0 bridgehead atoms. The van der Waals surface area contributed by atoms with Crippen LogP contribution in [0.5, 0.6) is 17.2 Å². The zero-order valence-corrected chi connectivity index (χ0v) is 13.5. The Hall–Kier alpha value is -3.13. The average Bonchev–Trinajstić information content (AvgIpc) is 2.95. The van der Waals surface area contributed by atoms with Crippen molar-refractivity contribution in [1.82, 2.24) is 14.9 Å². The predicted octanol–water partition coefficient (Wildman–Crippen LogP) is 2.91. The summed E-state index contributed by atoms with van der Waals surface area (Å²) in [5, 5.41) is 30.3. The van der Waals surface area contributed by atoms with E-state index in [-0.39, 0.29) is 11.5 Å². The lowest BCUT2D eigenvalue weighted by molar-refractivity contribution is 0.415. The molecule has 0 aliphatic carbocycles. The van der Waals surface area contributed by atoms with Gasteiger partial charge in [0.05, 0.1) is 13.3 Å². The van der Waals surface area contributed by atoms with E-state index in [9.17, 15) is 10.2 Å². The summed E-state index contributed by atoms with van der Waals surface area (Å²) in [6, 6.07) is 11.5. The molecule has 0 spiro atoms. The Balaban J connectivity index is 1.98. The Labute approximate surface area is 142 Å². The number of phenols is 2. The van der Waals surface area contributed by atoms with E-state index >= 15 is 0 Å². The van der Waals surface area contributed by atoms with Crippen molar-refractivity contribution in [2.24, 2.45) is 5.10 Å². The molecule has 0 amide bonds. The van der Waals surface area contributed by atoms with Crippen LogP contribution in [0.4, 0.5) is 0 Å². The number of phenolic OH excluding ortho intramolecular Hbond substituents is 2. The van der Waals surface area contributed by atoms with Crippen LogP contribution in [0.25, 0.3) is 11.4 Å². The van der Waals surface area contributed by atoms with Gasteiger partial charge in [-0.1, -0.05) is 0 Å². The van der Waals surface area contributed by atoms with Gasteiger partial charge in [0, 0.05) is 17.2 Å². The predicted molar refractivity (Wildman–Crippen MR) is 92.2 cm³/mol. The third-order valence-electron chi connectivity index (χ3n) is 3.32. The van der Waals surface area contributed by atoms with Gasteiger partial charge in [-0.2, -0.15) is 14.9 Å². The maximum absolute atomic E-state index is 9.81. The van der Waals surface area contributed by atoms with E-state index in [4.69, 9.17) is 17.0 Å². The van der Waals surface area contributed by atoms with Gasteiger partial charge in [-0.15, -0.1) is 0 Å². The van der Waals surface area contributed by atoms with Gasteiger partial charge in [-0.25, -0.2) is 5.10 Å². The minimum atomic E-state index is -0.0836. The molecule has 2 aromatic carbocycles. The zero-order chi connectivity index (χ0) is 17.1. The lowest BCUT2D eigenvalue weighted by Gasteiger charge is -2.03. The second-order valence-electron chi connectivity index (χ2n) is 4.88. The van der Waals surface area contributed by atoms with E-state index in [2.05, 4.69) is 15.3 Å². The third kappa shape index (κ3) is 3.13. The Kier molecular flexibility index (Phi) is 4.30. The van der Waals surface area contributed by atoms with Crippen molar-refractivity contribution >= 4 is 18.4 Å². The molecule has 3 N–H and O–H groups in total. The number of aromatic hydroxyl groups is 2. The number of aromatic amines is 1. The molecule has 0 aliphatic heterocycles. The molecular formula is C16H14N4O3S. The average molecular weight is 342 g/mol. The number of hydrogen-bond acceptors (Lipinski definition) is 6. The Morgan fingerprint density at radius 3 is 2.62 bits per heavy atom. The first-order valence-electron chi connectivity index (χ1n) is 6.96. The van der Waals surface area contributed by atoms with Crippen LogP contribution in [-0.2, 0) is 0 Å². The number of ether oxygens (including phenoxy) is 1. The molecule has 3 aromatic rings. The number of hydrogen-bond donors (Lipinski definition) is 3. The number of nitrogens with one attached hydrogen (secondary N) is 1. The van der Waals surface area contributed by atoms with E-state index in [1.165, 1.54) is 23.0 Å². The summed E-state index contributed by atoms with van der Waals surface area (Å²) in [7, 11) is 1.60. The highest BCUT2D eigenvalue weighted by molar-refractivity contribution is 7.71. The van der Waals surface area contributed by atoms with Gasteiger partial charge in [0.15, 0.2) is 5.82 Å². The number of rotatable bonds is 4. The normalized spacial score (nSPS) is 11.0. The molecule has 1 heterocycles. The van der Waals surface area contributed by atoms with Crippen LogP contribution in [0.3, 0.4) is 0 Å². The van der Waals surface area contributed by atoms with Crippen LogP contribution >= 0.6 is 12.2 Å². The molecule has 7 nitrogen and oxygen atoms in total. The van der Waals surface area contributed by atoms with Gasteiger partial charge < -0.3 is 14.9 Å². The zero-order valence-electron chi connectivity index (χ0n) is 12.7. The molecule has 0 aliphatic rings. The van der Waals surface area contributed by atoms with Crippen molar-refractivity contribution in [3.05, 3.63) is 52.8 Å². The molecule has 0 saturated carbocycles. The second-order valence-corrected chi connectivity index (χ2v) is 5.27. The van der Waals surface area contributed by atoms with Crippen LogP contribution in [0.15, 0.2) is 47.6 Å². The van der Waals surface area contributed by atoms with Crippen molar-refractivity contribution in [2.75, 3.05) is 7.11 Å². The fourth-order valence-corrected chi connectivity index (χ4v) is 2.27. The van der Waals surface area contributed by atoms with Crippen LogP contribution in [0.2, 0.25) is 0 Å². The van der Waals surface area contributed by atoms with E-state index in [0.717, 1.165) is 11.3 Å². The number of aromatic nitrogens is 3. The maximum Gasteiger partial charge on any atom is 0.216 e. The molecule has 3 rings (SSSR count). The summed E-state index contributed by atoms with van der Waals surface area (Å²) in [5.74, 6) is 1.15. The van der Waals surface area contributed by atoms with Crippen molar-refractivity contribution in [2.45, 2.75) is 0 Å². The van der Waals surface area contributed by atoms with Gasteiger partial charge in [-0.3, -0.25) is 0 Å². The summed E-state index contributed by atoms with van der Waals surface area (Å²) in [5.41, 5.74) is 1.24. The van der Waals surface area contributed by atoms with E-state index in [1.54, 1.807) is 13.2 Å². The quantitative estimate of drug-likeness (QED) is 0.500. The highest BCUT2D eigenvalue weighted by Crippen LogP contribution is 2.23. The highest BCUT2D eigenvalue weighted by Gasteiger charge is 2.08. The number of benzene rings is 2. The fraction of sp³-hybridized carbons (Fsp3) is 0.0625. The van der Waals surface area contributed by atoms with E-state index in [1.807, 2.05) is 24.3 Å². The Morgan fingerprint density at radius 1 is 1.21 bits per heavy atom. The van der Waals surface area contributed by atoms with Gasteiger partial charge in [0.2, 0.25) is 4.77 Å². The van der Waals surface area contributed by atoms with Crippen molar-refractivity contribution in [3.8, 4) is 28.6 Å². The SMILES string of the molecule is COc1ccc(-c2n[nH]c(=S)n2/N=C/c2ccc(O)cc2O)cc1. The number of methoxy groups -OCH3 is 1.